The molecule has 1 saturated heterocycles. The van der Waals surface area contributed by atoms with Crippen molar-refractivity contribution < 1.29 is 47.0 Å². The number of esters is 4. The van der Waals surface area contributed by atoms with Crippen LogP contribution in [0.3, 0.4) is 0 Å². The summed E-state index contributed by atoms with van der Waals surface area (Å²) >= 11 is 1.17. The van der Waals surface area contributed by atoms with Crippen LogP contribution in [-0.4, -0.2) is 66.4 Å². The second kappa shape index (κ2) is 12.1. The fraction of sp³-hybridized carbons (Fsp3) is 0.789. The molecule has 1 fully saturated rings. The number of rotatable bonds is 10. The van der Waals surface area contributed by atoms with Crippen LogP contribution in [-0.2, 0) is 47.0 Å². The molecule has 0 aromatic carbocycles. The van der Waals surface area contributed by atoms with Gasteiger partial charge in [0.2, 0.25) is 0 Å². The molecule has 30 heavy (non-hydrogen) atoms. The van der Waals surface area contributed by atoms with Gasteiger partial charge in [-0.2, -0.15) is 0 Å². The Hall–Kier alpha value is -1.85. The number of hydrogen-bond donors (Lipinski definition) is 0. The summed E-state index contributed by atoms with van der Waals surface area (Å²) in [5, 5.41) is 0. The van der Waals surface area contributed by atoms with Gasteiger partial charge in [-0.1, -0.05) is 6.92 Å². The van der Waals surface area contributed by atoms with Crippen molar-refractivity contribution in [3.05, 3.63) is 0 Å². The van der Waals surface area contributed by atoms with Crippen molar-refractivity contribution in [2.45, 2.75) is 84.6 Å². The van der Waals surface area contributed by atoms with E-state index in [-0.39, 0.29) is 13.0 Å². The molecule has 0 saturated carbocycles. The first kappa shape index (κ1) is 26.2. The maximum atomic E-state index is 11.7. The molecule has 0 amide bonds. The van der Waals surface area contributed by atoms with E-state index in [4.69, 9.17) is 27.9 Å². The smallest absolute Gasteiger partial charge is 0.303 e. The van der Waals surface area contributed by atoms with Gasteiger partial charge in [-0.3, -0.25) is 23.4 Å². The Labute approximate surface area is 180 Å². The van der Waals surface area contributed by atoms with Gasteiger partial charge in [0.25, 0.3) is 0 Å². The van der Waals surface area contributed by atoms with E-state index in [9.17, 15) is 19.2 Å². The average Bonchev–Trinajstić information content (AvgIpc) is 2.60. The highest BCUT2D eigenvalue weighted by Crippen LogP contribution is 2.38. The zero-order chi connectivity index (χ0) is 22.9. The van der Waals surface area contributed by atoms with Gasteiger partial charge in [0.05, 0.1) is 0 Å². The SMILES string of the molecule is CCCSOC1(C)C[C@@H](OC(C)=O)[C@@H](OC(C)=O)[C@@H]([C@@H](COC(C)=O)OC(C)=O)O1. The fourth-order valence-corrected chi connectivity index (χ4v) is 3.56. The Kier molecular flexibility index (Phi) is 10.6. The molecule has 10 nitrogen and oxygen atoms in total. The summed E-state index contributed by atoms with van der Waals surface area (Å²) in [7, 11) is 0. The molecular formula is C19H30O10S. The predicted molar refractivity (Wildman–Crippen MR) is 105 cm³/mol. The molecule has 1 aliphatic heterocycles. The van der Waals surface area contributed by atoms with Crippen LogP contribution in [0.5, 0.6) is 0 Å². The van der Waals surface area contributed by atoms with Crippen LogP contribution >= 0.6 is 12.0 Å². The molecule has 0 bridgehead atoms. The van der Waals surface area contributed by atoms with Crippen molar-refractivity contribution in [2.24, 2.45) is 0 Å². The lowest BCUT2D eigenvalue weighted by molar-refractivity contribution is -0.299. The molecule has 0 N–H and O–H groups in total. The molecule has 0 spiro atoms. The van der Waals surface area contributed by atoms with Gasteiger partial charge in [0.1, 0.15) is 18.8 Å². The second-order valence-electron chi connectivity index (χ2n) is 7.00. The third kappa shape index (κ3) is 8.88. The van der Waals surface area contributed by atoms with Gasteiger partial charge in [-0.25, -0.2) is 0 Å². The monoisotopic (exact) mass is 450 g/mol. The van der Waals surface area contributed by atoms with Crippen LogP contribution in [0.25, 0.3) is 0 Å². The topological polar surface area (TPSA) is 124 Å². The van der Waals surface area contributed by atoms with E-state index in [0.717, 1.165) is 6.42 Å². The molecule has 1 rings (SSSR count). The van der Waals surface area contributed by atoms with E-state index in [1.165, 1.54) is 39.7 Å². The summed E-state index contributed by atoms with van der Waals surface area (Å²) in [5.41, 5.74) is 0. The van der Waals surface area contributed by atoms with Gasteiger partial charge in [-0.05, 0) is 25.4 Å². The van der Waals surface area contributed by atoms with Gasteiger partial charge < -0.3 is 23.7 Å². The van der Waals surface area contributed by atoms with Crippen LogP contribution in [0.4, 0.5) is 0 Å². The lowest BCUT2D eigenvalue weighted by Gasteiger charge is -2.46. The molecule has 5 atom stereocenters. The minimum atomic E-state index is -1.25. The van der Waals surface area contributed by atoms with Crippen LogP contribution in [0, 0.1) is 0 Å². The molecule has 11 heteroatoms. The predicted octanol–water partition coefficient (Wildman–Crippen LogP) is 1.92. The second-order valence-corrected chi connectivity index (χ2v) is 7.81. The Balaban J connectivity index is 3.28. The first-order valence-electron chi connectivity index (χ1n) is 9.61. The summed E-state index contributed by atoms with van der Waals surface area (Å²) in [6, 6.07) is 0. The molecule has 172 valence electrons. The number of hydrogen-bond acceptors (Lipinski definition) is 11. The van der Waals surface area contributed by atoms with Gasteiger partial charge in [-0.15, -0.1) is 0 Å². The van der Waals surface area contributed by atoms with E-state index >= 15 is 0 Å². The van der Waals surface area contributed by atoms with Crippen LogP contribution in [0.2, 0.25) is 0 Å². The fourth-order valence-electron chi connectivity index (χ4n) is 2.95. The van der Waals surface area contributed by atoms with Crippen molar-refractivity contribution in [3.8, 4) is 0 Å². The highest BCUT2D eigenvalue weighted by molar-refractivity contribution is 7.94. The highest BCUT2D eigenvalue weighted by Gasteiger charge is 2.53. The first-order chi connectivity index (χ1) is 14.0. The number of ether oxygens (including phenoxy) is 5. The van der Waals surface area contributed by atoms with E-state index < -0.39 is 54.1 Å². The average molecular weight is 451 g/mol. The van der Waals surface area contributed by atoms with Crippen molar-refractivity contribution >= 4 is 35.9 Å². The van der Waals surface area contributed by atoms with Gasteiger partial charge in [0.15, 0.2) is 18.0 Å². The quantitative estimate of drug-likeness (QED) is 0.210. The minimum Gasteiger partial charge on any atom is -0.462 e. The molecule has 0 aromatic rings. The summed E-state index contributed by atoms with van der Waals surface area (Å²) in [4.78, 5) is 46.4. The van der Waals surface area contributed by atoms with Crippen LogP contribution < -0.4 is 0 Å². The van der Waals surface area contributed by atoms with E-state index in [0.29, 0.717) is 5.75 Å². The summed E-state index contributed by atoms with van der Waals surface area (Å²) in [6.07, 6.45) is -3.38. The van der Waals surface area contributed by atoms with E-state index in [2.05, 4.69) is 0 Å². The van der Waals surface area contributed by atoms with E-state index in [1.807, 2.05) is 6.92 Å². The molecular weight excluding hydrogens is 420 g/mol. The third-order valence-electron chi connectivity index (χ3n) is 3.92. The molecule has 1 aliphatic rings. The highest BCUT2D eigenvalue weighted by atomic mass is 32.2. The van der Waals surface area contributed by atoms with Crippen molar-refractivity contribution in [2.75, 3.05) is 12.4 Å². The standard InChI is InChI=1S/C19H30O10S/c1-7-8-30-29-19(6)9-15(25-12(3)21)17(27-14(5)23)18(28-19)16(26-13(4)22)10-24-11(2)20/h15-18H,7-10H2,1-6H3/t15-,16-,17-,18-,19?/m1/s1. The number of carbonyl (C=O) groups is 4. The Morgan fingerprint density at radius 3 is 2.17 bits per heavy atom. The van der Waals surface area contributed by atoms with Crippen LogP contribution in [0.15, 0.2) is 0 Å². The Bertz CT molecular complexity index is 624. The van der Waals surface area contributed by atoms with Gasteiger partial charge >= 0.3 is 23.9 Å². The Morgan fingerprint density at radius 2 is 1.67 bits per heavy atom. The molecule has 0 aromatic heterocycles. The summed E-state index contributed by atoms with van der Waals surface area (Å²) in [6.45, 7) is 8.07. The maximum Gasteiger partial charge on any atom is 0.303 e. The molecule has 1 heterocycles. The van der Waals surface area contributed by atoms with Crippen molar-refractivity contribution in [1.82, 2.24) is 0 Å². The van der Waals surface area contributed by atoms with Crippen molar-refractivity contribution in [1.29, 1.82) is 0 Å². The van der Waals surface area contributed by atoms with Crippen molar-refractivity contribution in [3.63, 3.8) is 0 Å². The van der Waals surface area contributed by atoms with Crippen LogP contribution in [0.1, 0.15) is 54.4 Å². The maximum absolute atomic E-state index is 11.7. The molecule has 1 unspecified atom stereocenters. The lowest BCUT2D eigenvalue weighted by Crippen LogP contribution is -2.61. The zero-order valence-electron chi connectivity index (χ0n) is 18.1. The third-order valence-corrected chi connectivity index (χ3v) is 4.97. The first-order valence-corrected chi connectivity index (χ1v) is 10.5. The minimum absolute atomic E-state index is 0.0676. The Morgan fingerprint density at radius 1 is 1.03 bits per heavy atom. The molecule has 0 radical (unpaired) electrons. The molecule has 0 aliphatic carbocycles. The van der Waals surface area contributed by atoms with E-state index in [1.54, 1.807) is 6.92 Å². The lowest BCUT2D eigenvalue weighted by atomic mass is 9.92. The number of carbonyl (C=O) groups excluding carboxylic acids is 4. The normalized spacial score (nSPS) is 26.9. The largest absolute Gasteiger partial charge is 0.462 e. The zero-order valence-corrected chi connectivity index (χ0v) is 18.9. The summed E-state index contributed by atoms with van der Waals surface area (Å²) < 4.78 is 32.9. The van der Waals surface area contributed by atoms with Gasteiger partial charge in [0, 0.05) is 39.9 Å². The summed E-state index contributed by atoms with van der Waals surface area (Å²) in [5.74, 6) is -3.06.